The van der Waals surface area contributed by atoms with Gasteiger partial charge in [-0.1, -0.05) is 12.2 Å². The molecule has 1 amide bonds. The summed E-state index contributed by atoms with van der Waals surface area (Å²) in [5.74, 6) is -0.667. The summed E-state index contributed by atoms with van der Waals surface area (Å²) in [6.45, 7) is 0. The van der Waals surface area contributed by atoms with Crippen molar-refractivity contribution in [1.29, 1.82) is 5.26 Å². The molecule has 0 aliphatic carbocycles. The molecule has 0 fully saturated rings. The van der Waals surface area contributed by atoms with Crippen LogP contribution in [0, 0.1) is 10.7 Å². The second kappa shape index (κ2) is 4.88. The Balaban J connectivity index is 2.80. The number of amides is 1. The van der Waals surface area contributed by atoms with Gasteiger partial charge in [-0.2, -0.15) is 16.2 Å². The molecular formula is C8H8N2O2S2. The van der Waals surface area contributed by atoms with Gasteiger partial charge < -0.3 is 5.73 Å². The number of nitrogens with zero attached hydrogens (tertiary/aromatic N) is 1. The van der Waals surface area contributed by atoms with Gasteiger partial charge in [-0.05, 0) is 10.8 Å². The lowest BCUT2D eigenvalue weighted by atomic mass is 10.4. The van der Waals surface area contributed by atoms with Crippen molar-refractivity contribution in [2.45, 2.75) is 5.25 Å². The first kappa shape index (κ1) is 10.9. The number of thiocyanates is 1. The lowest BCUT2D eigenvalue weighted by Gasteiger charge is -2.17. The van der Waals surface area contributed by atoms with Gasteiger partial charge in [-0.3, -0.25) is 9.59 Å². The molecule has 0 saturated carbocycles. The van der Waals surface area contributed by atoms with E-state index in [0.29, 0.717) is 11.8 Å². The molecule has 1 aliphatic rings. The highest BCUT2D eigenvalue weighted by atomic mass is 32.2. The van der Waals surface area contributed by atoms with E-state index >= 15 is 0 Å². The highest BCUT2D eigenvalue weighted by Crippen LogP contribution is 2.39. The Labute approximate surface area is 88.2 Å². The maximum absolute atomic E-state index is 11.4. The average molecular weight is 228 g/mol. The number of rotatable bonds is 3. The van der Waals surface area contributed by atoms with E-state index in [1.807, 2.05) is 0 Å². The minimum absolute atomic E-state index is 0.469. The highest BCUT2D eigenvalue weighted by Gasteiger charge is 2.29. The van der Waals surface area contributed by atoms with Crippen molar-refractivity contribution < 1.29 is 9.59 Å². The quantitative estimate of drug-likeness (QED) is 0.421. The second-order valence-electron chi connectivity index (χ2n) is 2.45. The fraction of sp³-hybridized carbons (Fsp3) is 0.125. The summed E-state index contributed by atoms with van der Waals surface area (Å²) in [7, 11) is -0.956. The lowest BCUT2D eigenvalue weighted by Crippen LogP contribution is -2.33. The van der Waals surface area contributed by atoms with Crippen LogP contribution < -0.4 is 5.73 Å². The third kappa shape index (κ3) is 2.40. The molecule has 0 spiro atoms. The summed E-state index contributed by atoms with van der Waals surface area (Å²) in [4.78, 5) is 22.4. The van der Waals surface area contributed by atoms with Gasteiger partial charge in [0, 0.05) is 11.8 Å². The van der Waals surface area contributed by atoms with Crippen molar-refractivity contribution >= 4 is 33.7 Å². The number of carbonyl (C=O) groups excluding carboxylic acids is 2. The molecule has 14 heavy (non-hydrogen) atoms. The van der Waals surface area contributed by atoms with Crippen LogP contribution >= 0.6 is 22.7 Å². The summed E-state index contributed by atoms with van der Waals surface area (Å²) >= 11 is 0.469. The topological polar surface area (TPSA) is 83.9 Å². The van der Waals surface area contributed by atoms with E-state index < -0.39 is 27.2 Å². The van der Waals surface area contributed by atoms with Gasteiger partial charge in [-0.15, -0.1) is 0 Å². The summed E-state index contributed by atoms with van der Waals surface area (Å²) in [6.07, 6.45) is 3.54. The number of thioether (sulfide) groups is 1. The molecule has 2 N–H and O–H groups in total. The summed E-state index contributed by atoms with van der Waals surface area (Å²) in [5, 5.41) is 12.2. The van der Waals surface area contributed by atoms with Crippen molar-refractivity contribution in [2.24, 2.45) is 5.73 Å². The van der Waals surface area contributed by atoms with E-state index in [9.17, 15) is 9.59 Å². The summed E-state index contributed by atoms with van der Waals surface area (Å²) in [5.41, 5.74) is 5.11. The molecule has 74 valence electrons. The van der Waals surface area contributed by atoms with Crippen molar-refractivity contribution in [3.05, 3.63) is 23.0 Å². The first-order valence-electron chi connectivity index (χ1n) is 3.68. The smallest absolute Gasteiger partial charge is 0.237 e. The molecule has 6 heteroatoms. The molecule has 1 aliphatic heterocycles. The standard InChI is InChI=1S/C8H8N2O2S2/c9-5-13-8(12)6(7(10)11)14-3-1-2-4-14/h1-4,6,14H,(H2,10,11). The van der Waals surface area contributed by atoms with Crippen molar-refractivity contribution in [1.82, 2.24) is 0 Å². The van der Waals surface area contributed by atoms with Gasteiger partial charge in [0.25, 0.3) is 0 Å². The Morgan fingerprint density at radius 2 is 2.00 bits per heavy atom. The Morgan fingerprint density at radius 1 is 1.43 bits per heavy atom. The maximum Gasteiger partial charge on any atom is 0.237 e. The Hall–Kier alpha value is -1.19. The molecule has 1 unspecified atom stereocenters. The average Bonchev–Trinajstić information content (AvgIpc) is 2.57. The Morgan fingerprint density at radius 3 is 2.43 bits per heavy atom. The predicted octanol–water partition coefficient (Wildman–Crippen LogP) is 0.623. The number of hydrogen-bond donors (Lipinski definition) is 2. The van der Waals surface area contributed by atoms with Gasteiger partial charge in [0.2, 0.25) is 11.0 Å². The number of primary amides is 1. The fourth-order valence-electron chi connectivity index (χ4n) is 1.01. The molecule has 0 aromatic heterocycles. The minimum Gasteiger partial charge on any atom is -0.368 e. The van der Waals surface area contributed by atoms with E-state index in [2.05, 4.69) is 0 Å². The molecule has 1 atom stereocenters. The third-order valence-corrected chi connectivity index (χ3v) is 4.39. The zero-order chi connectivity index (χ0) is 10.6. The van der Waals surface area contributed by atoms with E-state index in [-0.39, 0.29) is 0 Å². The van der Waals surface area contributed by atoms with Crippen molar-refractivity contribution in [2.75, 3.05) is 0 Å². The number of hydrogen-bond acceptors (Lipinski definition) is 4. The van der Waals surface area contributed by atoms with E-state index in [1.54, 1.807) is 28.4 Å². The van der Waals surface area contributed by atoms with E-state index in [0.717, 1.165) is 0 Å². The largest absolute Gasteiger partial charge is 0.368 e. The molecular weight excluding hydrogens is 220 g/mol. The molecule has 0 bridgehead atoms. The first-order valence-corrected chi connectivity index (χ1v) is 6.05. The predicted molar refractivity (Wildman–Crippen MR) is 58.5 cm³/mol. The second-order valence-corrected chi connectivity index (χ2v) is 5.24. The number of nitriles is 1. The number of allylic oxidation sites excluding steroid dienone is 2. The number of carbonyl (C=O) groups is 2. The van der Waals surface area contributed by atoms with E-state index in [4.69, 9.17) is 11.0 Å². The van der Waals surface area contributed by atoms with Gasteiger partial charge in [-0.25, -0.2) is 0 Å². The fourth-order valence-corrected chi connectivity index (χ4v) is 3.42. The van der Waals surface area contributed by atoms with Crippen molar-refractivity contribution in [3.8, 4) is 5.40 Å². The van der Waals surface area contributed by atoms with Gasteiger partial charge in [0.1, 0.15) is 10.7 Å². The third-order valence-electron chi connectivity index (χ3n) is 1.56. The van der Waals surface area contributed by atoms with Crippen LogP contribution in [0.2, 0.25) is 0 Å². The lowest BCUT2D eigenvalue weighted by molar-refractivity contribution is -0.121. The zero-order valence-electron chi connectivity index (χ0n) is 7.08. The molecule has 0 radical (unpaired) electrons. The molecule has 0 aromatic carbocycles. The Bertz CT molecular complexity index is 345. The van der Waals surface area contributed by atoms with Crippen LogP contribution in [0.1, 0.15) is 0 Å². The van der Waals surface area contributed by atoms with Crippen LogP contribution in [-0.4, -0.2) is 16.3 Å². The van der Waals surface area contributed by atoms with Crippen LogP contribution in [0.15, 0.2) is 23.0 Å². The van der Waals surface area contributed by atoms with Crippen LogP contribution in [0.25, 0.3) is 0 Å². The summed E-state index contributed by atoms with van der Waals surface area (Å²) < 4.78 is 0. The molecule has 4 nitrogen and oxygen atoms in total. The Kier molecular flexibility index (Phi) is 3.80. The summed E-state index contributed by atoms with van der Waals surface area (Å²) in [6, 6.07) is 0. The molecule has 0 aromatic rings. The zero-order valence-corrected chi connectivity index (χ0v) is 8.79. The maximum atomic E-state index is 11.4. The monoisotopic (exact) mass is 228 g/mol. The molecule has 0 saturated heterocycles. The number of thiol groups is 1. The van der Waals surface area contributed by atoms with Gasteiger partial charge >= 0.3 is 0 Å². The first-order chi connectivity index (χ1) is 6.66. The van der Waals surface area contributed by atoms with Crippen LogP contribution in [-0.2, 0) is 9.59 Å². The molecule has 1 heterocycles. The van der Waals surface area contributed by atoms with Crippen LogP contribution in [0.5, 0.6) is 0 Å². The van der Waals surface area contributed by atoms with Gasteiger partial charge in [0.05, 0.1) is 0 Å². The van der Waals surface area contributed by atoms with Gasteiger partial charge in [0.15, 0.2) is 0 Å². The van der Waals surface area contributed by atoms with Crippen molar-refractivity contribution in [3.63, 3.8) is 0 Å². The SMILES string of the molecule is N#CSC(=O)C(C(N)=O)[SH]1C=CC=C1. The normalized spacial score (nSPS) is 17.8. The number of nitrogens with two attached hydrogens (primary N) is 1. The van der Waals surface area contributed by atoms with Crippen LogP contribution in [0.4, 0.5) is 0 Å². The van der Waals surface area contributed by atoms with E-state index in [1.165, 1.54) is 0 Å². The highest BCUT2D eigenvalue weighted by molar-refractivity contribution is 8.27. The molecule has 1 rings (SSSR count). The van der Waals surface area contributed by atoms with Crippen LogP contribution in [0.3, 0.4) is 0 Å². The minimum atomic E-state index is -0.956.